The van der Waals surface area contributed by atoms with Gasteiger partial charge in [0.2, 0.25) is 11.8 Å². The van der Waals surface area contributed by atoms with Gasteiger partial charge >= 0.3 is 0 Å². The second-order valence-electron chi connectivity index (χ2n) is 7.38. The molecule has 6 nitrogen and oxygen atoms in total. The summed E-state index contributed by atoms with van der Waals surface area (Å²) >= 11 is 0. The van der Waals surface area contributed by atoms with Gasteiger partial charge in [-0.2, -0.15) is 0 Å². The summed E-state index contributed by atoms with van der Waals surface area (Å²) in [4.78, 5) is 15.2. The van der Waals surface area contributed by atoms with Crippen molar-refractivity contribution in [1.82, 2.24) is 10.3 Å². The van der Waals surface area contributed by atoms with E-state index in [1.54, 1.807) is 12.1 Å². The quantitative estimate of drug-likeness (QED) is 0.447. The summed E-state index contributed by atoms with van der Waals surface area (Å²) in [6.07, 6.45) is 4.41. The molecule has 5 N–H and O–H groups in total. The van der Waals surface area contributed by atoms with Crippen molar-refractivity contribution in [2.24, 2.45) is 5.73 Å². The minimum absolute atomic E-state index is 0.355. The van der Waals surface area contributed by atoms with Gasteiger partial charge in [-0.15, -0.1) is 0 Å². The molecule has 0 aliphatic heterocycles. The first kappa shape index (κ1) is 21.3. The van der Waals surface area contributed by atoms with Crippen molar-refractivity contribution in [3.05, 3.63) is 83.6 Å². The average molecular weight is 405 g/mol. The Morgan fingerprint density at radius 2 is 1.87 bits per heavy atom. The first-order chi connectivity index (χ1) is 14.5. The van der Waals surface area contributed by atoms with E-state index in [2.05, 4.69) is 35.4 Å². The van der Waals surface area contributed by atoms with Crippen LogP contribution in [0.1, 0.15) is 34.8 Å². The molecule has 0 radical (unpaired) electrons. The number of nitrogens with one attached hydrogen (secondary N) is 1. The first-order valence-corrected chi connectivity index (χ1v) is 10.1. The molecule has 1 amide bonds. The molecule has 30 heavy (non-hydrogen) atoms. The van der Waals surface area contributed by atoms with Crippen LogP contribution in [0.4, 0.5) is 5.69 Å². The molecule has 0 fully saturated rings. The number of carbonyl (C=O) groups is 1. The Balaban J connectivity index is 1.41. The number of pyridine rings is 1. The summed E-state index contributed by atoms with van der Waals surface area (Å²) in [5, 5.41) is 3.57. The minimum atomic E-state index is -0.508. The molecule has 3 aromatic rings. The molecule has 2 aromatic carbocycles. The number of nitrogens with zero attached hydrogens (tertiary/aromatic N) is 1. The third kappa shape index (κ3) is 6.60. The number of nitrogens with two attached hydrogens (primary N) is 2. The molecule has 1 atom stereocenters. The van der Waals surface area contributed by atoms with Crippen LogP contribution in [-0.2, 0) is 12.8 Å². The van der Waals surface area contributed by atoms with Crippen molar-refractivity contribution in [1.29, 1.82) is 0 Å². The van der Waals surface area contributed by atoms with Gasteiger partial charge in [-0.05, 0) is 74.2 Å². The maximum atomic E-state index is 11.1. The third-order valence-electron chi connectivity index (χ3n) is 4.89. The number of hydrogen-bond donors (Lipinski definition) is 3. The number of benzene rings is 2. The summed E-state index contributed by atoms with van der Waals surface area (Å²) in [5.41, 5.74) is 14.7. The number of anilines is 1. The maximum absolute atomic E-state index is 11.1. The van der Waals surface area contributed by atoms with Gasteiger partial charge in [-0.25, -0.2) is 4.98 Å². The molecule has 0 saturated heterocycles. The second-order valence-corrected chi connectivity index (χ2v) is 7.38. The second kappa shape index (κ2) is 10.4. The van der Waals surface area contributed by atoms with Crippen LogP contribution in [0.3, 0.4) is 0 Å². The lowest BCUT2D eigenvalue weighted by Gasteiger charge is -2.14. The molecule has 1 heterocycles. The van der Waals surface area contributed by atoms with E-state index < -0.39 is 5.91 Å². The van der Waals surface area contributed by atoms with Gasteiger partial charge in [0.25, 0.3) is 0 Å². The molecule has 3 rings (SSSR count). The fourth-order valence-corrected chi connectivity index (χ4v) is 3.13. The van der Waals surface area contributed by atoms with Crippen LogP contribution in [0.15, 0.2) is 66.9 Å². The van der Waals surface area contributed by atoms with Crippen LogP contribution in [0, 0.1) is 0 Å². The number of amides is 1. The van der Waals surface area contributed by atoms with Crippen molar-refractivity contribution < 1.29 is 9.53 Å². The Labute approximate surface area is 177 Å². The van der Waals surface area contributed by atoms with Crippen molar-refractivity contribution >= 4 is 11.6 Å². The number of aryl methyl sites for hydroxylation is 1. The smallest absolute Gasteiger partial charge is 0.250 e. The van der Waals surface area contributed by atoms with Gasteiger partial charge in [0, 0.05) is 24.0 Å². The molecule has 1 aromatic heterocycles. The molecule has 1 unspecified atom stereocenters. The molecule has 0 aliphatic rings. The van der Waals surface area contributed by atoms with E-state index in [4.69, 9.17) is 16.2 Å². The Morgan fingerprint density at radius 1 is 1.07 bits per heavy atom. The van der Waals surface area contributed by atoms with Gasteiger partial charge in [-0.1, -0.05) is 24.3 Å². The largest absolute Gasteiger partial charge is 0.439 e. The summed E-state index contributed by atoms with van der Waals surface area (Å²) < 4.78 is 5.71. The Hall–Kier alpha value is -3.38. The normalized spacial score (nSPS) is 11.8. The van der Waals surface area contributed by atoms with E-state index >= 15 is 0 Å². The zero-order valence-electron chi connectivity index (χ0n) is 17.2. The van der Waals surface area contributed by atoms with Crippen molar-refractivity contribution in [3.8, 4) is 11.6 Å². The monoisotopic (exact) mass is 404 g/mol. The lowest BCUT2D eigenvalue weighted by Crippen LogP contribution is -2.28. The highest BCUT2D eigenvalue weighted by molar-refractivity contribution is 5.92. The Kier molecular flexibility index (Phi) is 7.40. The van der Waals surface area contributed by atoms with Crippen LogP contribution in [0.2, 0.25) is 0 Å². The van der Waals surface area contributed by atoms with Gasteiger partial charge in [0.05, 0.1) is 5.56 Å². The fraction of sp³-hybridized carbons (Fsp3) is 0.250. The molecule has 0 saturated carbocycles. The molecular weight excluding hydrogens is 376 g/mol. The molecular formula is C24H28N4O2. The van der Waals surface area contributed by atoms with Crippen molar-refractivity contribution in [2.45, 2.75) is 32.2 Å². The Morgan fingerprint density at radius 3 is 2.53 bits per heavy atom. The zero-order valence-corrected chi connectivity index (χ0v) is 17.2. The lowest BCUT2D eigenvalue weighted by molar-refractivity contribution is 0.1000. The van der Waals surface area contributed by atoms with Crippen LogP contribution in [-0.4, -0.2) is 23.5 Å². The van der Waals surface area contributed by atoms with Crippen molar-refractivity contribution in [2.75, 3.05) is 12.3 Å². The van der Waals surface area contributed by atoms with Crippen molar-refractivity contribution in [3.63, 3.8) is 0 Å². The number of nitrogen functional groups attached to an aromatic ring is 1. The number of ether oxygens (including phenoxy) is 1. The summed E-state index contributed by atoms with van der Waals surface area (Å²) in [5.74, 6) is 0.615. The standard InChI is InChI=1S/C24H28N4O2/c1-17(27-14-13-19-3-2-4-21(25)15-19)5-6-18-7-10-22(11-8-18)30-23-12-9-20(16-28-23)24(26)29/h2-4,7-12,15-17,27H,5-6,13-14,25H2,1H3,(H2,26,29). The summed E-state index contributed by atoms with van der Waals surface area (Å²) in [6.45, 7) is 3.14. The predicted octanol–water partition coefficient (Wildman–Crippen LogP) is 3.71. The zero-order chi connectivity index (χ0) is 21.3. The fourth-order valence-electron chi connectivity index (χ4n) is 3.13. The molecule has 0 bridgehead atoms. The van der Waals surface area contributed by atoms with E-state index in [0.29, 0.717) is 23.2 Å². The van der Waals surface area contributed by atoms with E-state index in [9.17, 15) is 4.79 Å². The van der Waals surface area contributed by atoms with E-state index in [1.807, 2.05) is 30.3 Å². The number of rotatable bonds is 10. The van der Waals surface area contributed by atoms with Gasteiger partial charge in [-0.3, -0.25) is 4.79 Å². The highest BCUT2D eigenvalue weighted by Gasteiger charge is 2.05. The van der Waals surface area contributed by atoms with Crippen LogP contribution in [0.5, 0.6) is 11.6 Å². The van der Waals surface area contributed by atoms with Gasteiger partial charge in [0.1, 0.15) is 5.75 Å². The highest BCUT2D eigenvalue weighted by atomic mass is 16.5. The van der Waals surface area contributed by atoms with Gasteiger partial charge in [0.15, 0.2) is 0 Å². The predicted molar refractivity (Wildman–Crippen MR) is 120 cm³/mol. The summed E-state index contributed by atoms with van der Waals surface area (Å²) in [6, 6.07) is 19.7. The molecule has 0 aliphatic carbocycles. The van der Waals surface area contributed by atoms with E-state index in [0.717, 1.165) is 31.5 Å². The van der Waals surface area contributed by atoms with Crippen LogP contribution >= 0.6 is 0 Å². The van der Waals surface area contributed by atoms with Crippen LogP contribution < -0.4 is 21.5 Å². The maximum Gasteiger partial charge on any atom is 0.250 e. The topological polar surface area (TPSA) is 103 Å². The van der Waals surface area contributed by atoms with Gasteiger partial charge < -0.3 is 21.5 Å². The molecule has 156 valence electrons. The summed E-state index contributed by atoms with van der Waals surface area (Å²) in [7, 11) is 0. The first-order valence-electron chi connectivity index (χ1n) is 10.1. The minimum Gasteiger partial charge on any atom is -0.439 e. The number of aromatic nitrogens is 1. The average Bonchev–Trinajstić information content (AvgIpc) is 2.74. The van der Waals surface area contributed by atoms with E-state index in [1.165, 1.54) is 17.3 Å². The number of carbonyl (C=O) groups excluding carboxylic acids is 1. The number of hydrogen-bond acceptors (Lipinski definition) is 5. The third-order valence-corrected chi connectivity index (χ3v) is 4.89. The SMILES string of the molecule is CC(CCc1ccc(Oc2ccc(C(N)=O)cn2)cc1)NCCc1cccc(N)c1. The molecule has 0 spiro atoms. The van der Waals surface area contributed by atoms with E-state index in [-0.39, 0.29) is 0 Å². The number of primary amides is 1. The highest BCUT2D eigenvalue weighted by Crippen LogP contribution is 2.20. The lowest BCUT2D eigenvalue weighted by atomic mass is 10.1. The van der Waals surface area contributed by atoms with Crippen LogP contribution in [0.25, 0.3) is 0 Å². The Bertz CT molecular complexity index is 956. The molecule has 6 heteroatoms.